The van der Waals surface area contributed by atoms with Crippen molar-refractivity contribution >= 4 is 5.69 Å². The van der Waals surface area contributed by atoms with Crippen LogP contribution in [0.1, 0.15) is 38.8 Å². The number of para-hydroxylation sites is 1. The molecule has 1 N–H and O–H groups in total. The second-order valence-electron chi connectivity index (χ2n) is 9.76. The van der Waals surface area contributed by atoms with Gasteiger partial charge >= 0.3 is 0 Å². The SMILES string of the molecule is CNC(C)(C)c1ccc(-n2ccc(N(C)C(C)(C)c3ccc(Oc4ccccc4)cc3)c2)cc1. The zero-order chi connectivity index (χ0) is 24.3. The molecule has 0 aliphatic rings. The van der Waals surface area contributed by atoms with Gasteiger partial charge in [0.2, 0.25) is 0 Å². The van der Waals surface area contributed by atoms with Crippen molar-refractivity contribution in [2.45, 2.75) is 38.8 Å². The molecule has 0 bridgehead atoms. The van der Waals surface area contributed by atoms with Crippen LogP contribution in [0.3, 0.4) is 0 Å². The van der Waals surface area contributed by atoms with E-state index in [-0.39, 0.29) is 11.1 Å². The van der Waals surface area contributed by atoms with E-state index in [1.165, 1.54) is 11.1 Å². The van der Waals surface area contributed by atoms with E-state index < -0.39 is 0 Å². The normalized spacial score (nSPS) is 11.9. The molecule has 1 heterocycles. The lowest BCUT2D eigenvalue weighted by atomic mass is 9.92. The van der Waals surface area contributed by atoms with Crippen molar-refractivity contribution in [2.75, 3.05) is 19.0 Å². The lowest BCUT2D eigenvalue weighted by molar-refractivity contribution is 0.444. The largest absolute Gasteiger partial charge is 0.457 e. The summed E-state index contributed by atoms with van der Waals surface area (Å²) in [6.45, 7) is 8.86. The van der Waals surface area contributed by atoms with Gasteiger partial charge in [-0.2, -0.15) is 0 Å². The van der Waals surface area contributed by atoms with Crippen LogP contribution >= 0.6 is 0 Å². The Labute approximate surface area is 203 Å². The maximum atomic E-state index is 5.96. The van der Waals surface area contributed by atoms with Crippen LogP contribution in [-0.4, -0.2) is 18.7 Å². The number of rotatable bonds is 8. The van der Waals surface area contributed by atoms with E-state index in [4.69, 9.17) is 4.74 Å². The van der Waals surface area contributed by atoms with Gasteiger partial charge in [0, 0.05) is 30.7 Å². The number of hydrogen-bond donors (Lipinski definition) is 1. The fourth-order valence-electron chi connectivity index (χ4n) is 4.01. The molecule has 4 heteroatoms. The molecule has 34 heavy (non-hydrogen) atoms. The fourth-order valence-corrected chi connectivity index (χ4v) is 4.01. The third-order valence-corrected chi connectivity index (χ3v) is 6.95. The van der Waals surface area contributed by atoms with Gasteiger partial charge in [-0.05, 0) is 88.3 Å². The number of ether oxygens (including phenoxy) is 1. The first-order valence-corrected chi connectivity index (χ1v) is 11.8. The van der Waals surface area contributed by atoms with Crippen molar-refractivity contribution in [1.29, 1.82) is 0 Å². The Kier molecular flexibility index (Phi) is 6.54. The van der Waals surface area contributed by atoms with Crippen LogP contribution in [0.5, 0.6) is 11.5 Å². The van der Waals surface area contributed by atoms with Crippen LogP contribution in [-0.2, 0) is 11.1 Å². The molecule has 176 valence electrons. The van der Waals surface area contributed by atoms with Crippen LogP contribution < -0.4 is 15.0 Å². The van der Waals surface area contributed by atoms with Gasteiger partial charge in [0.05, 0.1) is 11.2 Å². The zero-order valence-electron chi connectivity index (χ0n) is 21.0. The number of benzene rings is 3. The summed E-state index contributed by atoms with van der Waals surface area (Å²) >= 11 is 0. The summed E-state index contributed by atoms with van der Waals surface area (Å²) in [7, 11) is 4.14. The molecule has 0 spiro atoms. The summed E-state index contributed by atoms with van der Waals surface area (Å²) < 4.78 is 8.13. The van der Waals surface area contributed by atoms with Crippen molar-refractivity contribution < 1.29 is 4.74 Å². The van der Waals surface area contributed by atoms with Gasteiger partial charge in [-0.15, -0.1) is 0 Å². The standard InChI is InChI=1S/C30H35N3O/c1-29(2,31-5)23-12-16-25(17-13-23)33-21-20-26(22-33)32(6)30(3,4)24-14-18-28(19-15-24)34-27-10-8-7-9-11-27/h7-22,31H,1-6H3. The summed E-state index contributed by atoms with van der Waals surface area (Å²) in [4.78, 5) is 2.31. The lowest BCUT2D eigenvalue weighted by Crippen LogP contribution is -2.38. The van der Waals surface area contributed by atoms with Crippen molar-refractivity contribution in [1.82, 2.24) is 9.88 Å². The molecule has 1 aromatic heterocycles. The smallest absolute Gasteiger partial charge is 0.127 e. The summed E-state index contributed by atoms with van der Waals surface area (Å²) in [5.74, 6) is 1.68. The second-order valence-corrected chi connectivity index (χ2v) is 9.76. The summed E-state index contributed by atoms with van der Waals surface area (Å²) in [6.07, 6.45) is 4.31. The summed E-state index contributed by atoms with van der Waals surface area (Å²) in [5, 5.41) is 3.36. The number of aromatic nitrogens is 1. The molecular weight excluding hydrogens is 418 g/mol. The Morgan fingerprint density at radius 2 is 1.32 bits per heavy atom. The first-order valence-electron chi connectivity index (χ1n) is 11.8. The molecule has 0 saturated carbocycles. The minimum absolute atomic E-state index is 0.0493. The van der Waals surface area contributed by atoms with E-state index in [1.807, 2.05) is 49.5 Å². The molecule has 0 amide bonds. The van der Waals surface area contributed by atoms with Crippen molar-refractivity contribution in [2.24, 2.45) is 0 Å². The summed E-state index contributed by atoms with van der Waals surface area (Å²) in [6, 6.07) is 29.1. The van der Waals surface area contributed by atoms with Crippen molar-refractivity contribution in [3.8, 4) is 17.2 Å². The first kappa shape index (κ1) is 23.7. The predicted octanol–water partition coefficient (Wildman–Crippen LogP) is 7.10. The van der Waals surface area contributed by atoms with E-state index >= 15 is 0 Å². The molecule has 0 atom stereocenters. The minimum atomic E-state index is -0.196. The van der Waals surface area contributed by atoms with E-state index in [9.17, 15) is 0 Å². The third kappa shape index (κ3) is 4.87. The van der Waals surface area contributed by atoms with Gasteiger partial charge in [0.25, 0.3) is 0 Å². The molecule has 4 nitrogen and oxygen atoms in total. The van der Waals surface area contributed by atoms with E-state index in [0.29, 0.717) is 0 Å². The van der Waals surface area contributed by atoms with Crippen molar-refractivity contribution in [3.05, 3.63) is 108 Å². The van der Waals surface area contributed by atoms with Crippen LogP contribution in [0, 0.1) is 0 Å². The van der Waals surface area contributed by atoms with Crippen LogP contribution in [0.4, 0.5) is 5.69 Å². The average molecular weight is 454 g/mol. The maximum absolute atomic E-state index is 5.96. The second kappa shape index (κ2) is 9.40. The van der Waals surface area contributed by atoms with Gasteiger partial charge < -0.3 is 19.5 Å². The fraction of sp³-hybridized carbons (Fsp3) is 0.267. The average Bonchev–Trinajstić information content (AvgIpc) is 3.35. The zero-order valence-corrected chi connectivity index (χ0v) is 21.0. The highest BCUT2D eigenvalue weighted by Gasteiger charge is 2.27. The van der Waals surface area contributed by atoms with Crippen LogP contribution in [0.2, 0.25) is 0 Å². The highest BCUT2D eigenvalue weighted by atomic mass is 16.5. The quantitative estimate of drug-likeness (QED) is 0.309. The number of nitrogens with zero attached hydrogens (tertiary/aromatic N) is 2. The number of hydrogen-bond acceptors (Lipinski definition) is 3. The molecule has 3 aromatic carbocycles. The Morgan fingerprint density at radius 3 is 1.94 bits per heavy atom. The Morgan fingerprint density at radius 1 is 0.735 bits per heavy atom. The predicted molar refractivity (Wildman–Crippen MR) is 142 cm³/mol. The van der Waals surface area contributed by atoms with Crippen LogP contribution in [0.15, 0.2) is 97.3 Å². The van der Waals surface area contributed by atoms with E-state index in [2.05, 4.69) is 104 Å². The Hall–Kier alpha value is -3.50. The highest BCUT2D eigenvalue weighted by molar-refractivity contribution is 5.52. The third-order valence-electron chi connectivity index (χ3n) is 6.95. The van der Waals surface area contributed by atoms with E-state index in [0.717, 1.165) is 22.9 Å². The van der Waals surface area contributed by atoms with Crippen LogP contribution in [0.25, 0.3) is 5.69 Å². The van der Waals surface area contributed by atoms with Gasteiger partial charge in [-0.25, -0.2) is 0 Å². The Bertz CT molecular complexity index is 1210. The van der Waals surface area contributed by atoms with Gasteiger partial charge in [0.1, 0.15) is 11.5 Å². The lowest BCUT2D eigenvalue weighted by Gasteiger charge is -2.37. The maximum Gasteiger partial charge on any atom is 0.127 e. The number of anilines is 1. The topological polar surface area (TPSA) is 29.4 Å². The molecule has 4 rings (SSSR count). The van der Waals surface area contributed by atoms with Gasteiger partial charge in [-0.3, -0.25) is 0 Å². The summed E-state index contributed by atoms with van der Waals surface area (Å²) in [5.41, 5.74) is 4.56. The molecule has 0 saturated heterocycles. The highest BCUT2D eigenvalue weighted by Crippen LogP contribution is 2.33. The molecular formula is C30H35N3O. The molecule has 4 aromatic rings. The molecule has 0 aliphatic carbocycles. The molecule has 0 unspecified atom stereocenters. The van der Waals surface area contributed by atoms with Gasteiger partial charge in [-0.1, -0.05) is 42.5 Å². The monoisotopic (exact) mass is 453 g/mol. The number of nitrogens with one attached hydrogen (secondary N) is 1. The van der Waals surface area contributed by atoms with Gasteiger partial charge in [0.15, 0.2) is 0 Å². The first-order chi connectivity index (χ1) is 16.2. The Balaban J connectivity index is 1.50. The van der Waals surface area contributed by atoms with E-state index in [1.54, 1.807) is 0 Å². The molecule has 0 aliphatic heterocycles. The molecule has 0 radical (unpaired) electrons. The van der Waals surface area contributed by atoms with Crippen molar-refractivity contribution in [3.63, 3.8) is 0 Å². The minimum Gasteiger partial charge on any atom is -0.457 e. The molecule has 0 fully saturated rings.